The average Bonchev–Trinajstić information content (AvgIpc) is 3.76. The molecule has 0 radical (unpaired) electrons. The summed E-state index contributed by atoms with van der Waals surface area (Å²) >= 11 is 0. The zero-order chi connectivity index (χ0) is 43.8. The first-order valence-corrected chi connectivity index (χ1v) is 21.3. The largest absolute Gasteiger partial charge is 0.338 e. The third kappa shape index (κ3) is 8.93. The number of para-hydroxylation sites is 2. The van der Waals surface area contributed by atoms with Crippen molar-refractivity contribution in [1.29, 1.82) is 0 Å². The number of carbonyl (C=O) groups excluding carboxylic acids is 1. The van der Waals surface area contributed by atoms with Crippen LogP contribution in [-0.2, 0) is 44.8 Å². The van der Waals surface area contributed by atoms with Gasteiger partial charge in [-0.25, -0.2) is 19.3 Å². The lowest BCUT2D eigenvalue weighted by molar-refractivity contribution is -0.129. The van der Waals surface area contributed by atoms with Gasteiger partial charge in [-0.05, 0) is 116 Å². The van der Waals surface area contributed by atoms with Gasteiger partial charge < -0.3 is 31.5 Å². The lowest BCUT2D eigenvalue weighted by atomic mass is 9.99. The van der Waals surface area contributed by atoms with Crippen LogP contribution in [0.4, 0.5) is 46.3 Å². The topological polar surface area (TPSA) is 168 Å². The van der Waals surface area contributed by atoms with Gasteiger partial charge in [0, 0.05) is 75.8 Å². The highest BCUT2D eigenvalue weighted by Gasteiger charge is 2.20. The van der Waals surface area contributed by atoms with Gasteiger partial charge in [0.25, 0.3) is 0 Å². The minimum Gasteiger partial charge on any atom is -0.338 e. The van der Waals surface area contributed by atoms with Crippen molar-refractivity contribution < 1.29 is 4.79 Å². The standard InChI is InChI=1S/C25H27N7O.C23H25N7.CH4/c1-15-6-5-7-16(2)22(15)28-23-21-13-26-25(29-24(21)31(4)30-23)27-20-9-8-19-14-32(17(3)33)11-10-18(19)12-20;1-14-5-4-6-15(2)20(14)27-21-19-13-25-23(28-22(19)30(3)29-21)26-18-8-7-17-12-24-10-9-16(17)11-18;/h5-9,12-13H,10-11,14H2,1-4H3,(H,28,30)(H,26,27,29);4-8,11,13,24H,9-10,12H2,1-3H3,(H,27,29)(H,25,26,28);1H4. The Balaban J connectivity index is 0.000000173. The number of anilines is 8. The van der Waals surface area contributed by atoms with E-state index in [2.05, 4.69) is 135 Å². The SMILES string of the molecule is C.CC(=O)N1CCc2cc(Nc3ncc4c(Nc5c(C)cccc5C)nn(C)c4n3)ccc2C1.Cc1cccc(C)c1Nc1nn(C)c2nc(Nc3ccc4c(c3)CCNC4)ncc12. The van der Waals surface area contributed by atoms with Crippen molar-refractivity contribution in [2.45, 2.75) is 68.0 Å². The Hall–Kier alpha value is -7.39. The second kappa shape index (κ2) is 18.1. The number of nitrogens with zero attached hydrogens (tertiary/aromatic N) is 9. The molecule has 0 saturated carbocycles. The van der Waals surface area contributed by atoms with E-state index in [4.69, 9.17) is 9.97 Å². The fourth-order valence-electron chi connectivity index (χ4n) is 8.35. The summed E-state index contributed by atoms with van der Waals surface area (Å²) in [4.78, 5) is 32.1. The Kier molecular flexibility index (Phi) is 12.3. The molecule has 328 valence electrons. The molecule has 0 atom stereocenters. The summed E-state index contributed by atoms with van der Waals surface area (Å²) in [7, 11) is 3.79. The van der Waals surface area contributed by atoms with Crippen LogP contribution >= 0.6 is 0 Å². The quantitative estimate of drug-likeness (QED) is 0.0985. The van der Waals surface area contributed by atoms with E-state index in [1.54, 1.807) is 22.5 Å². The van der Waals surface area contributed by atoms with Crippen molar-refractivity contribution in [2.24, 2.45) is 14.1 Å². The van der Waals surface area contributed by atoms with Gasteiger partial charge in [0.15, 0.2) is 22.9 Å². The van der Waals surface area contributed by atoms with Crippen LogP contribution in [0.25, 0.3) is 22.1 Å². The van der Waals surface area contributed by atoms with Gasteiger partial charge in [-0.15, -0.1) is 0 Å². The van der Waals surface area contributed by atoms with E-state index in [1.165, 1.54) is 33.4 Å². The van der Waals surface area contributed by atoms with Crippen molar-refractivity contribution in [3.63, 3.8) is 0 Å². The molecular weight excluding hydrogens is 801 g/mol. The summed E-state index contributed by atoms with van der Waals surface area (Å²) in [6.07, 6.45) is 5.52. The molecule has 0 unspecified atom stereocenters. The smallest absolute Gasteiger partial charge is 0.229 e. The third-order valence-corrected chi connectivity index (χ3v) is 11.9. The number of amides is 1. The van der Waals surface area contributed by atoms with E-state index in [0.29, 0.717) is 18.4 Å². The van der Waals surface area contributed by atoms with Gasteiger partial charge >= 0.3 is 0 Å². The molecule has 15 nitrogen and oxygen atoms in total. The predicted octanol–water partition coefficient (Wildman–Crippen LogP) is 9.12. The molecule has 8 aromatic rings. The Morgan fingerprint density at radius 3 is 1.61 bits per heavy atom. The highest BCUT2D eigenvalue weighted by Crippen LogP contribution is 2.31. The lowest BCUT2D eigenvalue weighted by Gasteiger charge is -2.28. The first-order chi connectivity index (χ1) is 30.5. The average molecular weight is 857 g/mol. The van der Waals surface area contributed by atoms with Crippen LogP contribution in [0, 0.1) is 27.7 Å². The maximum atomic E-state index is 11.7. The van der Waals surface area contributed by atoms with Gasteiger partial charge in [0.2, 0.25) is 17.8 Å². The molecule has 5 N–H and O–H groups in total. The molecule has 2 aliphatic heterocycles. The van der Waals surface area contributed by atoms with Crippen LogP contribution in [-0.4, -0.2) is 63.4 Å². The maximum absolute atomic E-state index is 11.7. The summed E-state index contributed by atoms with van der Waals surface area (Å²) in [5.41, 5.74) is 15.4. The Morgan fingerprint density at radius 2 is 1.11 bits per heavy atom. The van der Waals surface area contributed by atoms with Gasteiger partial charge in [-0.3, -0.25) is 4.79 Å². The summed E-state index contributed by atoms with van der Waals surface area (Å²) in [6.45, 7) is 13.3. The number of aryl methyl sites for hydroxylation is 6. The minimum atomic E-state index is 0. The van der Waals surface area contributed by atoms with E-state index in [-0.39, 0.29) is 13.3 Å². The van der Waals surface area contributed by atoms with Crippen LogP contribution in [0.15, 0.2) is 85.2 Å². The number of carbonyl (C=O) groups is 1. The number of rotatable bonds is 8. The molecule has 0 aliphatic carbocycles. The zero-order valence-corrected chi connectivity index (χ0v) is 36.8. The number of aromatic nitrogens is 8. The molecule has 2 aliphatic rings. The minimum absolute atomic E-state index is 0. The normalized spacial score (nSPS) is 13.0. The van der Waals surface area contributed by atoms with E-state index in [0.717, 1.165) is 100 Å². The van der Waals surface area contributed by atoms with E-state index in [1.807, 2.05) is 37.3 Å². The highest BCUT2D eigenvalue weighted by molar-refractivity contribution is 5.91. The molecule has 0 spiro atoms. The fourth-order valence-corrected chi connectivity index (χ4v) is 8.35. The summed E-state index contributed by atoms with van der Waals surface area (Å²) in [6, 6.07) is 25.1. The molecule has 64 heavy (non-hydrogen) atoms. The Bertz CT molecular complexity index is 2980. The van der Waals surface area contributed by atoms with Crippen molar-refractivity contribution in [1.82, 2.24) is 49.7 Å². The van der Waals surface area contributed by atoms with Crippen LogP contribution in [0.3, 0.4) is 0 Å². The first-order valence-electron chi connectivity index (χ1n) is 21.3. The number of nitrogens with one attached hydrogen (secondary N) is 5. The number of benzene rings is 4. The van der Waals surface area contributed by atoms with Gasteiger partial charge in [0.1, 0.15) is 0 Å². The first kappa shape index (κ1) is 43.3. The molecule has 0 saturated heterocycles. The number of hydrogen-bond acceptors (Lipinski definition) is 12. The fraction of sp³-hybridized carbons (Fsp3) is 0.286. The van der Waals surface area contributed by atoms with E-state index < -0.39 is 0 Å². The van der Waals surface area contributed by atoms with E-state index >= 15 is 0 Å². The molecule has 4 aromatic heterocycles. The van der Waals surface area contributed by atoms with E-state index in [9.17, 15) is 4.79 Å². The van der Waals surface area contributed by atoms with Gasteiger partial charge in [-0.1, -0.05) is 56.0 Å². The van der Waals surface area contributed by atoms with Gasteiger partial charge in [0.05, 0.1) is 10.8 Å². The second-order valence-corrected chi connectivity index (χ2v) is 16.4. The van der Waals surface area contributed by atoms with Crippen molar-refractivity contribution in [2.75, 3.05) is 34.4 Å². The molecule has 6 heterocycles. The number of fused-ring (bicyclic) bond motifs is 4. The van der Waals surface area contributed by atoms with Crippen molar-refractivity contribution in [3.05, 3.63) is 130 Å². The van der Waals surface area contributed by atoms with Crippen LogP contribution < -0.4 is 26.6 Å². The molecule has 1 amide bonds. The second-order valence-electron chi connectivity index (χ2n) is 16.4. The Morgan fingerprint density at radius 1 is 0.625 bits per heavy atom. The van der Waals surface area contributed by atoms with Crippen LogP contribution in [0.2, 0.25) is 0 Å². The van der Waals surface area contributed by atoms with Gasteiger partial charge in [-0.2, -0.15) is 20.2 Å². The van der Waals surface area contributed by atoms with Crippen molar-refractivity contribution >= 4 is 74.3 Å². The molecule has 0 bridgehead atoms. The molecule has 15 heteroatoms. The monoisotopic (exact) mass is 856 g/mol. The third-order valence-electron chi connectivity index (χ3n) is 11.9. The number of hydrogen-bond donors (Lipinski definition) is 5. The summed E-state index contributed by atoms with van der Waals surface area (Å²) in [5, 5.41) is 28.0. The van der Waals surface area contributed by atoms with Crippen molar-refractivity contribution in [3.8, 4) is 0 Å². The predicted molar refractivity (Wildman–Crippen MR) is 257 cm³/mol. The molecule has 10 rings (SSSR count). The molecule has 4 aromatic carbocycles. The maximum Gasteiger partial charge on any atom is 0.229 e. The highest BCUT2D eigenvalue weighted by atomic mass is 16.2. The summed E-state index contributed by atoms with van der Waals surface area (Å²) in [5.74, 6) is 2.70. The molecule has 0 fully saturated rings. The van der Waals surface area contributed by atoms with Crippen LogP contribution in [0.5, 0.6) is 0 Å². The Labute approximate surface area is 373 Å². The van der Waals surface area contributed by atoms with Crippen LogP contribution in [0.1, 0.15) is 58.9 Å². The summed E-state index contributed by atoms with van der Waals surface area (Å²) < 4.78 is 3.55. The molecular formula is C49H56N14O. The zero-order valence-electron chi connectivity index (χ0n) is 36.8. The lowest BCUT2D eigenvalue weighted by Crippen LogP contribution is -2.34.